The van der Waals surface area contributed by atoms with Crippen LogP contribution in [0.15, 0.2) is 42.1 Å². The van der Waals surface area contributed by atoms with Crippen molar-refractivity contribution >= 4 is 11.7 Å². The van der Waals surface area contributed by atoms with Gasteiger partial charge in [-0.25, -0.2) is 4.79 Å². The second kappa shape index (κ2) is 9.78. The van der Waals surface area contributed by atoms with E-state index in [1.54, 1.807) is 14.2 Å². The lowest BCUT2D eigenvalue weighted by Crippen LogP contribution is -2.50. The second-order valence-corrected chi connectivity index (χ2v) is 5.09. The van der Waals surface area contributed by atoms with E-state index in [1.807, 2.05) is 31.2 Å². The molecule has 0 spiro atoms. The van der Waals surface area contributed by atoms with Gasteiger partial charge in [0.1, 0.15) is 11.9 Å². The maximum atomic E-state index is 12.1. The van der Waals surface area contributed by atoms with E-state index in [4.69, 9.17) is 18.9 Å². The largest absolute Gasteiger partial charge is 0.497 e. The van der Waals surface area contributed by atoms with Gasteiger partial charge >= 0.3 is 5.97 Å². The standard InChI is InChI=1S/C18H25NO5/c1-7-12(2)16(22-4)15(17(23-5)18(20)24-6)19-13-8-10-14(21-3)11-9-13/h8-11,15-17,19H,1H2,2-6H3/t15-,16+,17+/m0/s1. The predicted molar refractivity (Wildman–Crippen MR) is 92.3 cm³/mol. The van der Waals surface area contributed by atoms with Gasteiger partial charge in [-0.2, -0.15) is 0 Å². The number of carbonyl (C=O) groups is 1. The molecule has 0 fully saturated rings. The molecule has 0 bridgehead atoms. The predicted octanol–water partition coefficient (Wildman–Crippen LogP) is 2.41. The lowest BCUT2D eigenvalue weighted by molar-refractivity contribution is -0.154. The Kier molecular flexibility index (Phi) is 8.06. The number of methoxy groups -OCH3 is 4. The molecule has 0 unspecified atom stereocenters. The first-order valence-electron chi connectivity index (χ1n) is 7.42. The fraction of sp³-hybridized carbons (Fsp3) is 0.444. The first kappa shape index (κ1) is 19.8. The minimum Gasteiger partial charge on any atom is -0.497 e. The first-order chi connectivity index (χ1) is 11.5. The molecule has 132 valence electrons. The van der Waals surface area contributed by atoms with Crippen molar-refractivity contribution in [3.8, 4) is 5.75 Å². The van der Waals surface area contributed by atoms with E-state index in [1.165, 1.54) is 14.2 Å². The molecule has 0 saturated carbocycles. The Bertz CT molecular complexity index is 578. The monoisotopic (exact) mass is 335 g/mol. The van der Waals surface area contributed by atoms with E-state index in [0.717, 1.165) is 17.0 Å². The molecular formula is C18H25NO5. The zero-order chi connectivity index (χ0) is 18.1. The zero-order valence-electron chi connectivity index (χ0n) is 14.8. The van der Waals surface area contributed by atoms with Gasteiger partial charge in [-0.15, -0.1) is 5.73 Å². The molecule has 3 atom stereocenters. The first-order valence-corrected chi connectivity index (χ1v) is 7.42. The average molecular weight is 335 g/mol. The molecule has 1 rings (SSSR count). The summed E-state index contributed by atoms with van der Waals surface area (Å²) in [5.41, 5.74) is 4.34. The van der Waals surface area contributed by atoms with Gasteiger partial charge < -0.3 is 24.3 Å². The molecule has 6 heteroatoms. The van der Waals surface area contributed by atoms with Crippen LogP contribution in [0.25, 0.3) is 0 Å². The third-order valence-corrected chi connectivity index (χ3v) is 3.72. The summed E-state index contributed by atoms with van der Waals surface area (Å²) in [6.45, 7) is 5.48. The van der Waals surface area contributed by atoms with Crippen LogP contribution in [0.4, 0.5) is 5.69 Å². The van der Waals surface area contributed by atoms with Gasteiger partial charge in [0.25, 0.3) is 0 Å². The van der Waals surface area contributed by atoms with Crippen LogP contribution in [-0.4, -0.2) is 52.7 Å². The Labute approximate surface area is 143 Å². The normalized spacial score (nSPS) is 14.0. The fourth-order valence-electron chi connectivity index (χ4n) is 2.39. The summed E-state index contributed by atoms with van der Waals surface area (Å²) >= 11 is 0. The van der Waals surface area contributed by atoms with Gasteiger partial charge in [0.2, 0.25) is 0 Å². The van der Waals surface area contributed by atoms with Crippen LogP contribution >= 0.6 is 0 Å². The summed E-state index contributed by atoms with van der Waals surface area (Å²) in [6, 6.07) is 6.79. The molecule has 0 aliphatic carbocycles. The maximum absolute atomic E-state index is 12.1. The molecule has 0 heterocycles. The van der Waals surface area contributed by atoms with Crippen molar-refractivity contribution in [2.24, 2.45) is 0 Å². The zero-order valence-corrected chi connectivity index (χ0v) is 14.8. The number of esters is 1. The van der Waals surface area contributed by atoms with E-state index < -0.39 is 24.2 Å². The van der Waals surface area contributed by atoms with Crippen LogP contribution in [0.3, 0.4) is 0 Å². The number of anilines is 1. The Balaban J connectivity index is 3.19. The fourth-order valence-corrected chi connectivity index (χ4v) is 2.39. The number of ether oxygens (including phenoxy) is 4. The number of carbonyl (C=O) groups excluding carboxylic acids is 1. The second-order valence-electron chi connectivity index (χ2n) is 5.09. The van der Waals surface area contributed by atoms with Crippen molar-refractivity contribution in [3.63, 3.8) is 0 Å². The lowest BCUT2D eigenvalue weighted by atomic mass is 9.98. The van der Waals surface area contributed by atoms with Crippen molar-refractivity contribution in [2.75, 3.05) is 33.8 Å². The molecule has 6 nitrogen and oxygen atoms in total. The Morgan fingerprint density at radius 1 is 1.08 bits per heavy atom. The summed E-state index contributed by atoms with van der Waals surface area (Å²) in [6.07, 6.45) is -1.35. The molecule has 0 amide bonds. The molecule has 1 N–H and O–H groups in total. The van der Waals surface area contributed by atoms with Crippen LogP contribution < -0.4 is 10.1 Å². The Morgan fingerprint density at radius 2 is 1.67 bits per heavy atom. The van der Waals surface area contributed by atoms with Gasteiger partial charge in [0, 0.05) is 19.9 Å². The molecule has 0 aliphatic rings. The molecular weight excluding hydrogens is 310 g/mol. The summed E-state index contributed by atoms with van der Waals surface area (Å²) in [7, 11) is 5.92. The molecule has 24 heavy (non-hydrogen) atoms. The third kappa shape index (κ3) is 4.86. The average Bonchev–Trinajstić information content (AvgIpc) is 2.62. The van der Waals surface area contributed by atoms with Crippen LogP contribution in [-0.2, 0) is 19.0 Å². The highest BCUT2D eigenvalue weighted by molar-refractivity contribution is 5.76. The number of nitrogens with one attached hydrogen (secondary N) is 1. The van der Waals surface area contributed by atoms with E-state index in [0.29, 0.717) is 0 Å². The van der Waals surface area contributed by atoms with Gasteiger partial charge in [0.15, 0.2) is 6.10 Å². The SMILES string of the molecule is C=C=C(C)[C@@H](OC)[C@H](Nc1ccc(OC)cc1)[C@@H](OC)C(=O)OC. The lowest BCUT2D eigenvalue weighted by Gasteiger charge is -2.32. The van der Waals surface area contributed by atoms with E-state index in [9.17, 15) is 4.79 Å². The molecule has 0 aromatic heterocycles. The van der Waals surface area contributed by atoms with Crippen molar-refractivity contribution in [1.82, 2.24) is 0 Å². The summed E-state index contributed by atoms with van der Waals surface area (Å²) in [5.74, 6) is 0.237. The van der Waals surface area contributed by atoms with Crippen LogP contribution in [0.5, 0.6) is 5.75 Å². The van der Waals surface area contributed by atoms with E-state index in [-0.39, 0.29) is 0 Å². The smallest absolute Gasteiger partial charge is 0.337 e. The van der Waals surface area contributed by atoms with Crippen LogP contribution in [0, 0.1) is 0 Å². The van der Waals surface area contributed by atoms with E-state index in [2.05, 4.69) is 17.6 Å². The number of hydrogen-bond acceptors (Lipinski definition) is 6. The highest BCUT2D eigenvalue weighted by atomic mass is 16.6. The number of benzene rings is 1. The number of hydrogen-bond donors (Lipinski definition) is 1. The Morgan fingerprint density at radius 3 is 2.08 bits per heavy atom. The summed E-state index contributed by atoms with van der Waals surface area (Å²) < 4.78 is 20.9. The van der Waals surface area contributed by atoms with Crippen LogP contribution in [0.2, 0.25) is 0 Å². The van der Waals surface area contributed by atoms with Gasteiger partial charge in [-0.1, -0.05) is 6.58 Å². The topological polar surface area (TPSA) is 66.0 Å². The minimum absolute atomic E-state index is 0.478. The van der Waals surface area contributed by atoms with Gasteiger partial charge in [-0.3, -0.25) is 0 Å². The quantitative estimate of drug-likeness (QED) is 0.552. The molecule has 0 saturated heterocycles. The highest BCUT2D eigenvalue weighted by Crippen LogP contribution is 2.22. The maximum Gasteiger partial charge on any atom is 0.337 e. The molecule has 1 aromatic carbocycles. The molecule has 0 aliphatic heterocycles. The van der Waals surface area contributed by atoms with Crippen molar-refractivity contribution in [2.45, 2.75) is 25.2 Å². The molecule has 0 radical (unpaired) electrons. The molecule has 1 aromatic rings. The van der Waals surface area contributed by atoms with Crippen LogP contribution in [0.1, 0.15) is 6.92 Å². The Hall–Kier alpha value is -2.27. The highest BCUT2D eigenvalue weighted by Gasteiger charge is 2.36. The van der Waals surface area contributed by atoms with Crippen molar-refractivity contribution in [1.29, 1.82) is 0 Å². The van der Waals surface area contributed by atoms with Crippen molar-refractivity contribution in [3.05, 3.63) is 42.1 Å². The van der Waals surface area contributed by atoms with Gasteiger partial charge in [0.05, 0.1) is 20.3 Å². The third-order valence-electron chi connectivity index (χ3n) is 3.72. The van der Waals surface area contributed by atoms with Gasteiger partial charge in [-0.05, 0) is 36.8 Å². The summed E-state index contributed by atoms with van der Waals surface area (Å²) in [5, 5.41) is 3.27. The van der Waals surface area contributed by atoms with Crippen molar-refractivity contribution < 1.29 is 23.7 Å². The van der Waals surface area contributed by atoms with E-state index >= 15 is 0 Å². The minimum atomic E-state index is -0.870. The summed E-state index contributed by atoms with van der Waals surface area (Å²) in [4.78, 5) is 12.1. The number of rotatable bonds is 9.